The molecule has 0 aliphatic carbocycles. The van der Waals surface area contributed by atoms with Crippen LogP contribution in [0.2, 0.25) is 0 Å². The first-order valence-electron chi connectivity index (χ1n) is 5.27. The third kappa shape index (κ3) is 5.30. The second-order valence-corrected chi connectivity index (χ2v) is 3.90. The molecule has 0 fully saturated rings. The van der Waals surface area contributed by atoms with Gasteiger partial charge in [-0.05, 0) is 6.42 Å². The predicted molar refractivity (Wildman–Crippen MR) is 59.3 cm³/mol. The lowest BCUT2D eigenvalue weighted by Crippen LogP contribution is -2.47. The summed E-state index contributed by atoms with van der Waals surface area (Å²) in [6.07, 6.45) is 0.273. The first-order chi connectivity index (χ1) is 7.79. The van der Waals surface area contributed by atoms with Gasteiger partial charge in [0.25, 0.3) is 0 Å². The molecule has 0 aliphatic heterocycles. The van der Waals surface area contributed by atoms with Gasteiger partial charge in [0.15, 0.2) is 0 Å². The van der Waals surface area contributed by atoms with Crippen molar-refractivity contribution in [2.45, 2.75) is 26.3 Å². The molecule has 2 unspecified atom stereocenters. The van der Waals surface area contributed by atoms with Crippen molar-refractivity contribution in [3.63, 3.8) is 0 Å². The number of carboxylic acids is 2. The summed E-state index contributed by atoms with van der Waals surface area (Å²) < 4.78 is 0. The number of rotatable bonds is 8. The van der Waals surface area contributed by atoms with Crippen LogP contribution < -0.4 is 5.73 Å². The van der Waals surface area contributed by atoms with Crippen molar-refractivity contribution in [2.75, 3.05) is 13.1 Å². The first-order valence-corrected chi connectivity index (χ1v) is 5.27. The van der Waals surface area contributed by atoms with E-state index in [-0.39, 0.29) is 19.5 Å². The minimum Gasteiger partial charge on any atom is -0.481 e. The van der Waals surface area contributed by atoms with Gasteiger partial charge in [-0.1, -0.05) is 13.8 Å². The van der Waals surface area contributed by atoms with Crippen LogP contribution in [0.4, 0.5) is 0 Å². The largest absolute Gasteiger partial charge is 0.481 e. The molecule has 0 saturated carbocycles. The second-order valence-electron chi connectivity index (χ2n) is 3.90. The molecule has 0 spiro atoms. The van der Waals surface area contributed by atoms with E-state index < -0.39 is 29.8 Å². The van der Waals surface area contributed by atoms with Gasteiger partial charge >= 0.3 is 11.9 Å². The van der Waals surface area contributed by atoms with Crippen LogP contribution in [-0.4, -0.2) is 52.1 Å². The summed E-state index contributed by atoms with van der Waals surface area (Å²) in [5, 5.41) is 17.7. The van der Waals surface area contributed by atoms with Crippen LogP contribution in [0.3, 0.4) is 0 Å². The third-order valence-corrected chi connectivity index (χ3v) is 2.40. The lowest BCUT2D eigenvalue weighted by atomic mass is 10.1. The summed E-state index contributed by atoms with van der Waals surface area (Å²) in [4.78, 5) is 33.8. The Hall–Kier alpha value is -1.63. The molecule has 7 heteroatoms. The summed E-state index contributed by atoms with van der Waals surface area (Å²) in [5.41, 5.74) is 5.02. The molecule has 1 amide bonds. The number of nitrogens with zero attached hydrogens (tertiary/aromatic N) is 1. The van der Waals surface area contributed by atoms with E-state index in [0.717, 1.165) is 0 Å². The Labute approximate surface area is 99.2 Å². The summed E-state index contributed by atoms with van der Waals surface area (Å²) in [5.74, 6) is -3.57. The van der Waals surface area contributed by atoms with Crippen LogP contribution in [0.5, 0.6) is 0 Å². The highest BCUT2D eigenvalue weighted by Gasteiger charge is 2.28. The molecule has 0 aromatic rings. The minimum atomic E-state index is -1.09. The molecule has 2 atom stereocenters. The predicted octanol–water partition coefficient (Wildman–Crippen LogP) is -0.642. The van der Waals surface area contributed by atoms with Crippen LogP contribution in [0.25, 0.3) is 0 Å². The van der Waals surface area contributed by atoms with Gasteiger partial charge < -0.3 is 15.9 Å². The fourth-order valence-corrected chi connectivity index (χ4v) is 1.52. The number of aliphatic carboxylic acids is 2. The molecule has 98 valence electrons. The highest BCUT2D eigenvalue weighted by molar-refractivity contribution is 5.78. The highest BCUT2D eigenvalue weighted by atomic mass is 16.4. The van der Waals surface area contributed by atoms with Crippen LogP contribution in [-0.2, 0) is 14.4 Å². The van der Waals surface area contributed by atoms with Crippen molar-refractivity contribution in [3.8, 4) is 0 Å². The smallest absolute Gasteiger partial charge is 0.320 e. The van der Waals surface area contributed by atoms with E-state index in [1.807, 2.05) is 0 Å². The third-order valence-electron chi connectivity index (χ3n) is 2.40. The lowest BCUT2D eigenvalue weighted by molar-refractivity contribution is -0.148. The Balaban J connectivity index is 4.78. The quantitative estimate of drug-likeness (QED) is 0.523. The number of carbonyl (C=O) groups is 3. The van der Waals surface area contributed by atoms with Crippen LogP contribution >= 0.6 is 0 Å². The van der Waals surface area contributed by atoms with Gasteiger partial charge in [0.05, 0.1) is 12.5 Å². The summed E-state index contributed by atoms with van der Waals surface area (Å²) in [7, 11) is 0. The number of hydrogen-bond acceptors (Lipinski definition) is 4. The Morgan fingerprint density at radius 3 is 2.06 bits per heavy atom. The SMILES string of the molecule is CCC(C(=O)O)N(CC(N)=O)CC(C)C(=O)O. The number of carboxylic acid groups (broad SMARTS) is 2. The average Bonchev–Trinajstić information content (AvgIpc) is 2.16. The monoisotopic (exact) mass is 246 g/mol. The molecule has 0 heterocycles. The summed E-state index contributed by atoms with van der Waals surface area (Å²) in [6.45, 7) is 2.81. The molecule has 0 radical (unpaired) electrons. The maximum Gasteiger partial charge on any atom is 0.320 e. The topological polar surface area (TPSA) is 121 Å². The maximum atomic E-state index is 11.0. The van der Waals surface area contributed by atoms with Crippen LogP contribution in [0, 0.1) is 5.92 Å². The zero-order valence-corrected chi connectivity index (χ0v) is 9.92. The lowest BCUT2D eigenvalue weighted by Gasteiger charge is -2.28. The molecule has 0 saturated heterocycles. The fraction of sp³-hybridized carbons (Fsp3) is 0.700. The van der Waals surface area contributed by atoms with E-state index in [2.05, 4.69) is 0 Å². The zero-order chi connectivity index (χ0) is 13.6. The maximum absolute atomic E-state index is 11.0. The number of carbonyl (C=O) groups excluding carboxylic acids is 1. The van der Waals surface area contributed by atoms with Crippen molar-refractivity contribution >= 4 is 17.8 Å². The zero-order valence-electron chi connectivity index (χ0n) is 9.92. The van der Waals surface area contributed by atoms with Crippen LogP contribution in [0.15, 0.2) is 0 Å². The van der Waals surface area contributed by atoms with E-state index in [4.69, 9.17) is 15.9 Å². The molecule has 0 aliphatic rings. The summed E-state index contributed by atoms with van der Waals surface area (Å²) in [6, 6.07) is -0.899. The van der Waals surface area contributed by atoms with Gasteiger partial charge in [0, 0.05) is 6.54 Å². The number of nitrogens with two attached hydrogens (primary N) is 1. The van der Waals surface area contributed by atoms with E-state index in [0.29, 0.717) is 0 Å². The number of primary amides is 1. The Bertz CT molecular complexity index is 305. The van der Waals surface area contributed by atoms with E-state index in [1.165, 1.54) is 11.8 Å². The molecule has 0 aromatic carbocycles. The minimum absolute atomic E-state index is 0.0247. The van der Waals surface area contributed by atoms with Crippen molar-refractivity contribution < 1.29 is 24.6 Å². The molecule has 0 bridgehead atoms. The first kappa shape index (κ1) is 15.4. The number of hydrogen-bond donors (Lipinski definition) is 3. The van der Waals surface area contributed by atoms with Gasteiger partial charge in [-0.25, -0.2) is 0 Å². The van der Waals surface area contributed by atoms with Crippen molar-refractivity contribution in [1.82, 2.24) is 4.90 Å². The normalized spacial score (nSPS) is 14.3. The molecule has 0 aromatic heterocycles. The van der Waals surface area contributed by atoms with Crippen molar-refractivity contribution in [2.24, 2.45) is 11.7 Å². The highest BCUT2D eigenvalue weighted by Crippen LogP contribution is 2.08. The molecule has 0 rings (SSSR count). The van der Waals surface area contributed by atoms with Crippen molar-refractivity contribution in [1.29, 1.82) is 0 Å². The molecule has 17 heavy (non-hydrogen) atoms. The second kappa shape index (κ2) is 6.85. The Kier molecular flexibility index (Phi) is 6.19. The fourth-order valence-electron chi connectivity index (χ4n) is 1.52. The molecular formula is C10H18N2O5. The molecule has 4 N–H and O–H groups in total. The molecular weight excluding hydrogens is 228 g/mol. The number of amides is 1. The van der Waals surface area contributed by atoms with E-state index in [1.54, 1.807) is 6.92 Å². The Morgan fingerprint density at radius 1 is 1.24 bits per heavy atom. The van der Waals surface area contributed by atoms with Crippen molar-refractivity contribution in [3.05, 3.63) is 0 Å². The van der Waals surface area contributed by atoms with Gasteiger partial charge in [-0.2, -0.15) is 0 Å². The van der Waals surface area contributed by atoms with Gasteiger partial charge in [-0.3, -0.25) is 19.3 Å². The molecule has 7 nitrogen and oxygen atoms in total. The Morgan fingerprint density at radius 2 is 1.76 bits per heavy atom. The van der Waals surface area contributed by atoms with Gasteiger partial charge in [0.1, 0.15) is 6.04 Å². The van der Waals surface area contributed by atoms with E-state index >= 15 is 0 Å². The standard InChI is InChI=1S/C10H18N2O5/c1-3-7(10(16)17)12(5-8(11)13)4-6(2)9(14)15/h6-7H,3-5H2,1-2H3,(H2,11,13)(H,14,15)(H,16,17). The van der Waals surface area contributed by atoms with Gasteiger partial charge in [-0.15, -0.1) is 0 Å². The van der Waals surface area contributed by atoms with E-state index in [9.17, 15) is 14.4 Å². The van der Waals surface area contributed by atoms with Crippen LogP contribution in [0.1, 0.15) is 20.3 Å². The average molecular weight is 246 g/mol. The summed E-state index contributed by atoms with van der Waals surface area (Å²) >= 11 is 0. The van der Waals surface area contributed by atoms with Gasteiger partial charge in [0.2, 0.25) is 5.91 Å².